The molecule has 0 saturated carbocycles. The van der Waals surface area contributed by atoms with E-state index in [4.69, 9.17) is 5.73 Å². The molecule has 0 aromatic carbocycles. The van der Waals surface area contributed by atoms with E-state index in [2.05, 4.69) is 10.3 Å². The van der Waals surface area contributed by atoms with Gasteiger partial charge in [0.15, 0.2) is 0 Å². The average molecular weight is 377 g/mol. The summed E-state index contributed by atoms with van der Waals surface area (Å²) in [6, 6.07) is 3.41. The summed E-state index contributed by atoms with van der Waals surface area (Å²) in [5.41, 5.74) is 6.17. The third-order valence-corrected chi connectivity index (χ3v) is 4.03. The molecule has 1 saturated heterocycles. The fraction of sp³-hybridized carbons (Fsp3) is 0.562. The monoisotopic (exact) mass is 376 g/mol. The Balaban J connectivity index is 0.00000264. The summed E-state index contributed by atoms with van der Waals surface area (Å²) in [7, 11) is 0. The minimum absolute atomic E-state index is 0. The Bertz CT molecular complexity index is 516. The molecule has 2 rings (SSSR count). The van der Waals surface area contributed by atoms with Crippen molar-refractivity contribution in [3.63, 3.8) is 0 Å². The summed E-state index contributed by atoms with van der Waals surface area (Å²) in [5, 5.41) is 2.94. The molecule has 0 spiro atoms. The maximum Gasteiger partial charge on any atom is 0.253 e. The molecular formula is C16H26Cl2N4O2. The third-order valence-electron chi connectivity index (χ3n) is 4.03. The first-order chi connectivity index (χ1) is 10.6. The molecule has 0 radical (unpaired) electrons. The predicted octanol–water partition coefficient (Wildman–Crippen LogP) is 1.49. The molecule has 1 aliphatic heterocycles. The van der Waals surface area contributed by atoms with Crippen LogP contribution in [0, 0.1) is 11.8 Å². The number of pyridine rings is 1. The van der Waals surface area contributed by atoms with Gasteiger partial charge >= 0.3 is 0 Å². The van der Waals surface area contributed by atoms with Crippen LogP contribution in [0.1, 0.15) is 30.1 Å². The van der Waals surface area contributed by atoms with Crippen LogP contribution in [0.2, 0.25) is 0 Å². The van der Waals surface area contributed by atoms with E-state index >= 15 is 0 Å². The molecule has 136 valence electrons. The van der Waals surface area contributed by atoms with Crippen molar-refractivity contribution in [1.29, 1.82) is 0 Å². The SMILES string of the molecule is CC(CN)CNC(=O)C1CCCN(C(=O)c2ccncc2)C1.Cl.Cl. The van der Waals surface area contributed by atoms with Gasteiger partial charge in [0.1, 0.15) is 0 Å². The van der Waals surface area contributed by atoms with Crippen LogP contribution < -0.4 is 11.1 Å². The Morgan fingerprint density at radius 3 is 2.67 bits per heavy atom. The number of rotatable bonds is 5. The summed E-state index contributed by atoms with van der Waals surface area (Å²) in [6.07, 6.45) is 4.88. The number of nitrogens with zero attached hydrogens (tertiary/aromatic N) is 2. The Morgan fingerprint density at radius 2 is 2.04 bits per heavy atom. The number of amides is 2. The zero-order chi connectivity index (χ0) is 15.9. The first-order valence-electron chi connectivity index (χ1n) is 7.79. The summed E-state index contributed by atoms with van der Waals surface area (Å²) in [4.78, 5) is 30.3. The summed E-state index contributed by atoms with van der Waals surface area (Å²) in [5.74, 6) is 0.120. The topological polar surface area (TPSA) is 88.3 Å². The molecule has 1 aromatic heterocycles. The molecule has 3 N–H and O–H groups in total. The van der Waals surface area contributed by atoms with Gasteiger partial charge < -0.3 is 16.0 Å². The first kappa shape index (κ1) is 22.6. The molecule has 2 atom stereocenters. The molecule has 1 fully saturated rings. The molecular weight excluding hydrogens is 351 g/mol. The van der Waals surface area contributed by atoms with Crippen molar-refractivity contribution in [3.05, 3.63) is 30.1 Å². The Morgan fingerprint density at radius 1 is 1.38 bits per heavy atom. The number of halogens is 2. The number of carbonyl (C=O) groups excluding carboxylic acids is 2. The van der Waals surface area contributed by atoms with E-state index in [1.807, 2.05) is 6.92 Å². The number of nitrogens with one attached hydrogen (secondary N) is 1. The van der Waals surface area contributed by atoms with Crippen molar-refractivity contribution in [2.45, 2.75) is 19.8 Å². The van der Waals surface area contributed by atoms with Gasteiger partial charge in [-0.3, -0.25) is 14.6 Å². The summed E-state index contributed by atoms with van der Waals surface area (Å²) in [6.45, 7) is 4.32. The lowest BCUT2D eigenvalue weighted by atomic mass is 9.96. The molecule has 6 nitrogen and oxygen atoms in total. The zero-order valence-electron chi connectivity index (χ0n) is 13.8. The van der Waals surface area contributed by atoms with Crippen molar-refractivity contribution in [3.8, 4) is 0 Å². The van der Waals surface area contributed by atoms with Gasteiger partial charge in [-0.2, -0.15) is 0 Å². The molecule has 2 unspecified atom stereocenters. The molecule has 8 heteroatoms. The normalized spacial score (nSPS) is 17.9. The van der Waals surface area contributed by atoms with E-state index < -0.39 is 0 Å². The molecule has 24 heavy (non-hydrogen) atoms. The highest BCUT2D eigenvalue weighted by atomic mass is 35.5. The Hall–Kier alpha value is -1.37. The van der Waals surface area contributed by atoms with Crippen LogP contribution >= 0.6 is 24.8 Å². The van der Waals surface area contributed by atoms with Gasteiger partial charge in [0.25, 0.3) is 5.91 Å². The number of hydrogen-bond acceptors (Lipinski definition) is 4. The van der Waals surface area contributed by atoms with Crippen LogP contribution in [0.15, 0.2) is 24.5 Å². The molecule has 2 amide bonds. The second kappa shape index (κ2) is 11.2. The van der Waals surface area contributed by atoms with Crippen LogP contribution in [-0.4, -0.2) is 47.9 Å². The van der Waals surface area contributed by atoms with Gasteiger partial charge in [0.2, 0.25) is 5.91 Å². The largest absolute Gasteiger partial charge is 0.355 e. The van der Waals surface area contributed by atoms with Gasteiger partial charge in [-0.25, -0.2) is 0 Å². The summed E-state index contributed by atoms with van der Waals surface area (Å²) >= 11 is 0. The Labute approximate surface area is 155 Å². The second-order valence-corrected chi connectivity index (χ2v) is 5.91. The van der Waals surface area contributed by atoms with Crippen molar-refractivity contribution in [2.24, 2.45) is 17.6 Å². The molecule has 0 bridgehead atoms. The number of likely N-dealkylation sites (tertiary alicyclic amines) is 1. The van der Waals surface area contributed by atoms with E-state index in [9.17, 15) is 9.59 Å². The standard InChI is InChI=1S/C16H24N4O2.2ClH/c1-12(9-17)10-19-15(21)14-3-2-8-20(11-14)16(22)13-4-6-18-7-5-13;;/h4-7,12,14H,2-3,8-11,17H2,1H3,(H,19,21);2*1H. The van der Waals surface area contributed by atoms with Crippen molar-refractivity contribution in [2.75, 3.05) is 26.2 Å². The maximum atomic E-state index is 12.4. The van der Waals surface area contributed by atoms with E-state index in [0.29, 0.717) is 31.7 Å². The lowest BCUT2D eigenvalue weighted by molar-refractivity contribution is -0.126. The number of aromatic nitrogens is 1. The highest BCUT2D eigenvalue weighted by Gasteiger charge is 2.28. The number of piperidine rings is 1. The fourth-order valence-corrected chi connectivity index (χ4v) is 2.56. The van der Waals surface area contributed by atoms with Crippen LogP contribution in [0.4, 0.5) is 0 Å². The van der Waals surface area contributed by atoms with Gasteiger partial charge in [0, 0.05) is 37.6 Å². The van der Waals surface area contributed by atoms with Crippen molar-refractivity contribution in [1.82, 2.24) is 15.2 Å². The highest BCUT2D eigenvalue weighted by molar-refractivity contribution is 5.94. The number of carbonyl (C=O) groups is 2. The molecule has 0 aliphatic carbocycles. The van der Waals surface area contributed by atoms with Crippen LogP contribution in [0.5, 0.6) is 0 Å². The third kappa shape index (κ3) is 6.26. The zero-order valence-corrected chi connectivity index (χ0v) is 15.4. The van der Waals surface area contributed by atoms with Gasteiger partial charge in [-0.05, 0) is 37.4 Å². The number of hydrogen-bond donors (Lipinski definition) is 2. The predicted molar refractivity (Wildman–Crippen MR) is 98.6 cm³/mol. The highest BCUT2D eigenvalue weighted by Crippen LogP contribution is 2.18. The van der Waals surface area contributed by atoms with Crippen LogP contribution in [0.25, 0.3) is 0 Å². The quantitative estimate of drug-likeness (QED) is 0.814. The minimum atomic E-state index is -0.135. The second-order valence-electron chi connectivity index (χ2n) is 5.91. The lowest BCUT2D eigenvalue weighted by Gasteiger charge is -2.32. The van der Waals surface area contributed by atoms with Crippen molar-refractivity contribution < 1.29 is 9.59 Å². The molecule has 1 aliphatic rings. The van der Waals surface area contributed by atoms with Gasteiger partial charge in [-0.1, -0.05) is 6.92 Å². The van der Waals surface area contributed by atoms with E-state index in [-0.39, 0.29) is 48.5 Å². The lowest BCUT2D eigenvalue weighted by Crippen LogP contribution is -2.46. The number of nitrogens with two attached hydrogens (primary N) is 1. The smallest absolute Gasteiger partial charge is 0.253 e. The average Bonchev–Trinajstić information content (AvgIpc) is 2.59. The van der Waals surface area contributed by atoms with E-state index in [1.165, 1.54) is 0 Å². The van der Waals surface area contributed by atoms with Crippen molar-refractivity contribution >= 4 is 36.6 Å². The van der Waals surface area contributed by atoms with Crippen LogP contribution in [-0.2, 0) is 4.79 Å². The molecule has 1 aromatic rings. The maximum absolute atomic E-state index is 12.4. The van der Waals surface area contributed by atoms with Gasteiger partial charge in [0.05, 0.1) is 5.92 Å². The fourth-order valence-electron chi connectivity index (χ4n) is 2.56. The molecule has 2 heterocycles. The first-order valence-corrected chi connectivity index (χ1v) is 7.79. The summed E-state index contributed by atoms with van der Waals surface area (Å²) < 4.78 is 0. The van der Waals surface area contributed by atoms with Crippen LogP contribution in [0.3, 0.4) is 0 Å². The van der Waals surface area contributed by atoms with Gasteiger partial charge in [-0.15, -0.1) is 24.8 Å². The van der Waals surface area contributed by atoms with E-state index in [1.54, 1.807) is 29.4 Å². The minimum Gasteiger partial charge on any atom is -0.355 e. The van der Waals surface area contributed by atoms with E-state index in [0.717, 1.165) is 12.8 Å². The Kier molecular flexibility index (Phi) is 10.6.